The van der Waals surface area contributed by atoms with Gasteiger partial charge < -0.3 is 15.4 Å². The van der Waals surface area contributed by atoms with E-state index in [1.54, 1.807) is 33.8 Å². The number of hydrogen-bond acceptors (Lipinski definition) is 5. The summed E-state index contributed by atoms with van der Waals surface area (Å²) in [5.41, 5.74) is 0.665. The van der Waals surface area contributed by atoms with Crippen molar-refractivity contribution in [3.05, 3.63) is 23.8 Å². The van der Waals surface area contributed by atoms with Gasteiger partial charge in [-0.3, -0.25) is 4.79 Å². The molecule has 26 heavy (non-hydrogen) atoms. The highest BCUT2D eigenvalue weighted by Gasteiger charge is 2.26. The minimum Gasteiger partial charge on any atom is -0.444 e. The Labute approximate surface area is 153 Å². The van der Waals surface area contributed by atoms with Crippen molar-refractivity contribution in [3.63, 3.8) is 0 Å². The first-order chi connectivity index (χ1) is 11.9. The Morgan fingerprint density at radius 2 is 2.04 bits per heavy atom. The first kappa shape index (κ1) is 20.2. The minimum absolute atomic E-state index is 0.0792. The molecule has 8 nitrogen and oxygen atoms in total. The molecule has 9 heteroatoms. The number of anilines is 1. The maximum absolute atomic E-state index is 12.7. The molecule has 2 N–H and O–H groups in total. The maximum Gasteiger partial charge on any atom is 0.407 e. The third-order valence-electron chi connectivity index (χ3n) is 3.70. The summed E-state index contributed by atoms with van der Waals surface area (Å²) in [7, 11) is -2.30. The summed E-state index contributed by atoms with van der Waals surface area (Å²) in [6.45, 7) is 7.03. The Morgan fingerprint density at radius 3 is 2.65 bits per heavy atom. The number of likely N-dealkylation sites (N-methyl/N-ethyl adjacent to an activating group) is 1. The van der Waals surface area contributed by atoms with E-state index in [1.165, 1.54) is 23.5 Å². The number of carbonyl (C=O) groups is 2. The molecule has 2 rings (SSSR count). The predicted molar refractivity (Wildman–Crippen MR) is 97.4 cm³/mol. The molecule has 144 valence electrons. The zero-order valence-corrected chi connectivity index (χ0v) is 16.4. The third-order valence-corrected chi connectivity index (χ3v) is 5.52. The highest BCUT2D eigenvalue weighted by molar-refractivity contribution is 7.89. The number of nitrogens with zero attached hydrogens (tertiary/aromatic N) is 1. The molecule has 0 radical (unpaired) electrons. The van der Waals surface area contributed by atoms with E-state index in [0.29, 0.717) is 11.3 Å². The standard InChI is InChI=1S/C17H25N3O5S/c1-11(18-16(22)25-17(2,3)4)10-20(5)26(23,24)13-6-7-14-12(8-13)9-15(21)19-14/h6-8,11H,9-10H2,1-5H3,(H,18,22)(H,19,21)/t11-/m0/s1. The first-order valence-electron chi connectivity index (χ1n) is 8.27. The van der Waals surface area contributed by atoms with E-state index in [2.05, 4.69) is 10.6 Å². The van der Waals surface area contributed by atoms with Crippen LogP contribution in [0, 0.1) is 0 Å². The summed E-state index contributed by atoms with van der Waals surface area (Å²) in [4.78, 5) is 23.3. The van der Waals surface area contributed by atoms with Gasteiger partial charge in [-0.15, -0.1) is 0 Å². The van der Waals surface area contributed by atoms with E-state index in [-0.39, 0.29) is 23.8 Å². The molecule has 0 fully saturated rings. The lowest BCUT2D eigenvalue weighted by Gasteiger charge is -2.24. The van der Waals surface area contributed by atoms with Gasteiger partial charge in [-0.2, -0.15) is 4.31 Å². The van der Waals surface area contributed by atoms with Gasteiger partial charge in [0.2, 0.25) is 15.9 Å². The van der Waals surface area contributed by atoms with Crippen molar-refractivity contribution in [2.75, 3.05) is 18.9 Å². The van der Waals surface area contributed by atoms with Crippen LogP contribution in [0.1, 0.15) is 33.3 Å². The second kappa shape index (κ2) is 7.24. The van der Waals surface area contributed by atoms with Crippen molar-refractivity contribution >= 4 is 27.7 Å². The quantitative estimate of drug-likeness (QED) is 0.805. The molecule has 2 amide bonds. The van der Waals surface area contributed by atoms with Crippen LogP contribution < -0.4 is 10.6 Å². The molecule has 0 bridgehead atoms. The molecule has 1 aliphatic heterocycles. The van der Waals surface area contributed by atoms with Crippen LogP contribution in [0.15, 0.2) is 23.1 Å². The van der Waals surface area contributed by atoms with E-state index in [1.807, 2.05) is 0 Å². The molecule has 0 unspecified atom stereocenters. The normalized spacial score (nSPS) is 15.4. The molecular weight excluding hydrogens is 358 g/mol. The van der Waals surface area contributed by atoms with E-state index >= 15 is 0 Å². The predicted octanol–water partition coefficient (Wildman–Crippen LogP) is 1.71. The summed E-state index contributed by atoms with van der Waals surface area (Å²) in [6.07, 6.45) is -0.433. The van der Waals surface area contributed by atoms with Crippen LogP contribution in [-0.2, 0) is 26.0 Å². The summed E-state index contributed by atoms with van der Waals surface area (Å²) in [5, 5.41) is 5.29. The lowest BCUT2D eigenvalue weighted by atomic mass is 10.2. The second-order valence-electron chi connectivity index (χ2n) is 7.38. The molecular formula is C17H25N3O5S. The SMILES string of the molecule is C[C@@H](CN(C)S(=O)(=O)c1ccc2c(c1)CC(=O)N2)NC(=O)OC(C)(C)C. The number of carbonyl (C=O) groups excluding carboxylic acids is 2. The topological polar surface area (TPSA) is 105 Å². The number of rotatable bonds is 5. The fourth-order valence-corrected chi connectivity index (χ4v) is 3.90. The van der Waals surface area contributed by atoms with Crippen LogP contribution >= 0.6 is 0 Å². The molecule has 0 saturated heterocycles. The lowest BCUT2D eigenvalue weighted by Crippen LogP contribution is -2.44. The maximum atomic E-state index is 12.7. The minimum atomic E-state index is -3.74. The second-order valence-corrected chi connectivity index (χ2v) is 9.42. The van der Waals surface area contributed by atoms with Crippen molar-refractivity contribution in [1.29, 1.82) is 0 Å². The third kappa shape index (κ3) is 4.95. The average molecular weight is 383 g/mol. The van der Waals surface area contributed by atoms with Crippen LogP contribution in [0.2, 0.25) is 0 Å². The molecule has 1 aromatic rings. The van der Waals surface area contributed by atoms with Crippen molar-refractivity contribution < 1.29 is 22.7 Å². The van der Waals surface area contributed by atoms with Gasteiger partial charge in [0.05, 0.1) is 11.3 Å². The van der Waals surface area contributed by atoms with Gasteiger partial charge in [-0.05, 0) is 51.5 Å². The van der Waals surface area contributed by atoms with Gasteiger partial charge in [-0.25, -0.2) is 13.2 Å². The number of fused-ring (bicyclic) bond motifs is 1. The summed E-state index contributed by atoms with van der Waals surface area (Å²) in [6, 6.07) is 4.11. The Bertz CT molecular complexity index is 814. The molecule has 1 aliphatic rings. The summed E-state index contributed by atoms with van der Waals surface area (Å²) < 4.78 is 31.8. The molecule has 1 aromatic carbocycles. The van der Waals surface area contributed by atoms with Gasteiger partial charge in [0, 0.05) is 25.3 Å². The number of sulfonamides is 1. The van der Waals surface area contributed by atoms with Crippen LogP contribution in [0.25, 0.3) is 0 Å². The molecule has 1 atom stereocenters. The van der Waals surface area contributed by atoms with E-state index < -0.39 is 27.8 Å². The van der Waals surface area contributed by atoms with E-state index in [0.717, 1.165) is 0 Å². The Morgan fingerprint density at radius 1 is 1.38 bits per heavy atom. The van der Waals surface area contributed by atoms with Crippen LogP contribution in [-0.4, -0.2) is 50.0 Å². The zero-order valence-electron chi connectivity index (χ0n) is 15.6. The van der Waals surface area contributed by atoms with Crippen molar-refractivity contribution in [1.82, 2.24) is 9.62 Å². The highest BCUT2D eigenvalue weighted by Crippen LogP contribution is 2.27. The van der Waals surface area contributed by atoms with E-state index in [9.17, 15) is 18.0 Å². The largest absolute Gasteiger partial charge is 0.444 e. The van der Waals surface area contributed by atoms with Gasteiger partial charge in [0.1, 0.15) is 5.60 Å². The highest BCUT2D eigenvalue weighted by atomic mass is 32.2. The number of alkyl carbamates (subject to hydrolysis) is 1. The van der Waals surface area contributed by atoms with Gasteiger partial charge in [0.15, 0.2) is 0 Å². The molecule has 1 heterocycles. The zero-order chi connectivity index (χ0) is 19.7. The van der Waals surface area contributed by atoms with E-state index in [4.69, 9.17) is 4.74 Å². The molecule has 0 spiro atoms. The van der Waals surface area contributed by atoms with Crippen LogP contribution in [0.3, 0.4) is 0 Å². The summed E-state index contributed by atoms with van der Waals surface area (Å²) >= 11 is 0. The molecule has 0 saturated carbocycles. The molecule has 0 aliphatic carbocycles. The van der Waals surface area contributed by atoms with Crippen molar-refractivity contribution in [2.24, 2.45) is 0 Å². The summed E-state index contributed by atoms with van der Waals surface area (Å²) in [5.74, 6) is -0.155. The monoisotopic (exact) mass is 383 g/mol. The number of nitrogens with one attached hydrogen (secondary N) is 2. The average Bonchev–Trinajstić information content (AvgIpc) is 2.83. The fourth-order valence-electron chi connectivity index (χ4n) is 2.58. The Hall–Kier alpha value is -2.13. The fraction of sp³-hybridized carbons (Fsp3) is 0.529. The number of amides is 2. The molecule has 0 aromatic heterocycles. The first-order valence-corrected chi connectivity index (χ1v) is 9.71. The lowest BCUT2D eigenvalue weighted by molar-refractivity contribution is -0.115. The van der Waals surface area contributed by atoms with Crippen molar-refractivity contribution in [3.8, 4) is 0 Å². The number of hydrogen-bond donors (Lipinski definition) is 2. The van der Waals surface area contributed by atoms with Gasteiger partial charge in [-0.1, -0.05) is 0 Å². The van der Waals surface area contributed by atoms with Gasteiger partial charge >= 0.3 is 6.09 Å². The Balaban J connectivity index is 2.04. The van der Waals surface area contributed by atoms with Crippen LogP contribution in [0.5, 0.6) is 0 Å². The number of ether oxygens (including phenoxy) is 1. The van der Waals surface area contributed by atoms with Crippen LogP contribution in [0.4, 0.5) is 10.5 Å². The Kier molecular flexibility index (Phi) is 5.62. The van der Waals surface area contributed by atoms with Crippen molar-refractivity contribution in [2.45, 2.75) is 50.7 Å². The van der Waals surface area contributed by atoms with Gasteiger partial charge in [0.25, 0.3) is 0 Å². The number of benzene rings is 1. The smallest absolute Gasteiger partial charge is 0.407 e.